The van der Waals surface area contributed by atoms with E-state index in [-0.39, 0.29) is 0 Å². The number of hydrogen-bond acceptors (Lipinski definition) is 1. The van der Waals surface area contributed by atoms with Crippen molar-refractivity contribution in [1.82, 2.24) is 0 Å². The molecule has 0 aliphatic heterocycles. The molecular formula is C55H28BF24NO. The number of para-hydroxylation sites is 1. The fourth-order valence-electron chi connectivity index (χ4n) is 9.45. The van der Waals surface area contributed by atoms with Gasteiger partial charge in [0.05, 0.1) is 49.9 Å². The Balaban J connectivity index is 0.000000288. The van der Waals surface area contributed by atoms with Crippen LogP contribution in [0.25, 0.3) is 32.4 Å². The minimum Gasteiger partial charge on any atom is -0.230 e. The molecule has 0 atom stereocenters. The Hall–Kier alpha value is -8.13. The number of fused-ring (bicyclic) bond motifs is 3. The summed E-state index contributed by atoms with van der Waals surface area (Å²) in [4.78, 5) is 6.43. The van der Waals surface area contributed by atoms with Crippen molar-refractivity contribution in [3.05, 3.63) is 214 Å². The van der Waals surface area contributed by atoms with Crippen LogP contribution in [0.5, 0.6) is 5.75 Å². The van der Waals surface area contributed by atoms with Gasteiger partial charge in [-0.25, -0.2) is 4.84 Å². The van der Waals surface area contributed by atoms with Gasteiger partial charge in [0.2, 0.25) is 11.9 Å². The number of pyridine rings is 1. The molecule has 2 nitrogen and oxygen atoms in total. The number of hydrogen-bond donors (Lipinski definition) is 0. The van der Waals surface area contributed by atoms with Gasteiger partial charge in [-0.2, -0.15) is 127 Å². The number of aromatic nitrogens is 1. The van der Waals surface area contributed by atoms with Gasteiger partial charge >= 0.3 is 49.4 Å². The summed E-state index contributed by atoms with van der Waals surface area (Å²) in [6, 6.07) is 22.5. The number of halogens is 24. The zero-order valence-electron chi connectivity index (χ0n) is 40.2. The van der Waals surface area contributed by atoms with E-state index in [9.17, 15) is 105 Å². The van der Waals surface area contributed by atoms with E-state index in [0.29, 0.717) is 0 Å². The standard InChI is InChI=1S/C32H12BF24.C23H16NO/c34-25(35,36)13-1-14(26(37,38)39)6-21(5-13)33(22-7-15(27(40,41)42)2-16(8-22)28(43,44)45,23-9-17(29(46,47)48)3-18(10-23)30(49,50)51)24-11-19(31(52,53)54)4-20(12-24)32(55,56)57;1-4-12-20-18(9-1)16-19-10-2-5-13-21(19)23(20)25-24-15-7-11-17-8-3-6-14-22(17)24/h1-12H;1-16H/q-1;+1. The van der Waals surface area contributed by atoms with E-state index < -0.39 is 195 Å². The Labute approximate surface area is 444 Å². The molecule has 0 aliphatic rings. The zero-order chi connectivity index (χ0) is 60.6. The van der Waals surface area contributed by atoms with Crippen LogP contribution in [0.2, 0.25) is 0 Å². The molecule has 8 aromatic carbocycles. The number of rotatable bonds is 6. The topological polar surface area (TPSA) is 13.1 Å². The molecule has 0 amide bonds. The third kappa shape index (κ3) is 12.4. The fraction of sp³-hybridized carbons (Fsp3) is 0.145. The molecule has 0 saturated carbocycles. The average molecular weight is 1190 g/mol. The molecule has 0 bridgehead atoms. The summed E-state index contributed by atoms with van der Waals surface area (Å²) in [5, 5.41) is 5.73. The van der Waals surface area contributed by atoms with Gasteiger partial charge in [-0.1, -0.05) is 109 Å². The summed E-state index contributed by atoms with van der Waals surface area (Å²) in [6.07, 6.45) is -52.8. The molecule has 430 valence electrons. The van der Waals surface area contributed by atoms with Crippen molar-refractivity contribution in [2.24, 2.45) is 0 Å². The number of nitrogens with zero attached hydrogens (tertiary/aromatic N) is 1. The molecule has 27 heteroatoms. The SMILES string of the molecule is FC(F)(F)c1cc([B-](c2cc(C(F)(F)F)cc(C(F)(F)F)c2)(c2cc(C(F)(F)F)cc(C(F)(F)F)c2)c2cc(C(F)(F)F)cc(C(F)(F)F)c2)cc(C(F)(F)F)c1.c1ccc2c(O[n+]3cccc4ccccc43)c3ccccc3cc2c1. The van der Waals surface area contributed by atoms with Crippen LogP contribution in [0.3, 0.4) is 0 Å². The second-order valence-electron chi connectivity index (χ2n) is 18.4. The van der Waals surface area contributed by atoms with Crippen LogP contribution in [-0.4, -0.2) is 6.15 Å². The summed E-state index contributed by atoms with van der Waals surface area (Å²) in [5.41, 5.74) is -29.2. The first-order valence-corrected chi connectivity index (χ1v) is 23.0. The van der Waals surface area contributed by atoms with E-state index in [1.807, 2.05) is 29.1 Å². The third-order valence-corrected chi connectivity index (χ3v) is 13.0. The van der Waals surface area contributed by atoms with Crippen molar-refractivity contribution in [3.63, 3.8) is 0 Å². The highest BCUT2D eigenvalue weighted by Gasteiger charge is 2.47. The van der Waals surface area contributed by atoms with Gasteiger partial charge in [0.25, 0.3) is 5.52 Å². The van der Waals surface area contributed by atoms with Crippen LogP contribution in [0, 0.1) is 0 Å². The lowest BCUT2D eigenvalue weighted by molar-refractivity contribution is -0.853. The molecule has 9 aromatic rings. The maximum atomic E-state index is 14.2. The summed E-state index contributed by atoms with van der Waals surface area (Å²) in [5.74, 6) is 0.884. The molecule has 0 spiro atoms. The quantitative estimate of drug-likeness (QED) is 0.0700. The van der Waals surface area contributed by atoms with E-state index in [4.69, 9.17) is 4.84 Å². The van der Waals surface area contributed by atoms with Gasteiger partial charge in [0, 0.05) is 27.6 Å². The lowest BCUT2D eigenvalue weighted by Gasteiger charge is -2.46. The highest BCUT2D eigenvalue weighted by Crippen LogP contribution is 2.42. The van der Waals surface area contributed by atoms with Crippen LogP contribution in [0.1, 0.15) is 44.5 Å². The second-order valence-corrected chi connectivity index (χ2v) is 18.4. The molecule has 9 rings (SSSR count). The minimum atomic E-state index is -6.13. The van der Waals surface area contributed by atoms with E-state index in [0.717, 1.165) is 27.4 Å². The monoisotopic (exact) mass is 1190 g/mol. The van der Waals surface area contributed by atoms with E-state index in [1.165, 1.54) is 10.8 Å². The Morgan fingerprint density at radius 1 is 0.268 bits per heavy atom. The maximum absolute atomic E-state index is 14.2. The average Bonchev–Trinajstić information content (AvgIpc) is 2.87. The minimum absolute atomic E-state index is 0.691. The molecule has 1 heterocycles. The molecule has 1 aromatic heterocycles. The smallest absolute Gasteiger partial charge is 0.230 e. The highest BCUT2D eigenvalue weighted by atomic mass is 19.4. The second kappa shape index (κ2) is 20.7. The predicted molar refractivity (Wildman–Crippen MR) is 252 cm³/mol. The van der Waals surface area contributed by atoms with E-state index >= 15 is 0 Å². The third-order valence-electron chi connectivity index (χ3n) is 13.0. The van der Waals surface area contributed by atoms with Gasteiger partial charge in [-0.15, -0.1) is 0 Å². The lowest BCUT2D eigenvalue weighted by Crippen LogP contribution is -2.75. The fourth-order valence-corrected chi connectivity index (χ4v) is 9.45. The summed E-state index contributed by atoms with van der Waals surface area (Å²) >= 11 is 0. The van der Waals surface area contributed by atoms with Gasteiger partial charge < -0.3 is 0 Å². The van der Waals surface area contributed by atoms with Crippen molar-refractivity contribution in [2.45, 2.75) is 49.4 Å². The summed E-state index contributed by atoms with van der Waals surface area (Å²) in [6.45, 7) is 0. The van der Waals surface area contributed by atoms with Gasteiger partial charge in [0.15, 0.2) is 0 Å². The van der Waals surface area contributed by atoms with Crippen molar-refractivity contribution in [1.29, 1.82) is 0 Å². The van der Waals surface area contributed by atoms with Crippen LogP contribution < -0.4 is 31.4 Å². The van der Waals surface area contributed by atoms with Crippen LogP contribution in [-0.2, 0) is 49.4 Å². The molecule has 0 fully saturated rings. The molecule has 82 heavy (non-hydrogen) atoms. The van der Waals surface area contributed by atoms with Crippen LogP contribution >= 0.6 is 0 Å². The summed E-state index contributed by atoms with van der Waals surface area (Å²) in [7, 11) is 0. The van der Waals surface area contributed by atoms with Crippen LogP contribution in [0.4, 0.5) is 105 Å². The number of alkyl halides is 24. The normalized spacial score (nSPS) is 13.4. The van der Waals surface area contributed by atoms with Crippen molar-refractivity contribution >= 4 is 60.4 Å². The summed E-state index contributed by atoms with van der Waals surface area (Å²) < 4.78 is 343. The van der Waals surface area contributed by atoms with Crippen molar-refractivity contribution in [3.8, 4) is 5.75 Å². The Morgan fingerprint density at radius 2 is 0.512 bits per heavy atom. The Morgan fingerprint density at radius 3 is 0.793 bits per heavy atom. The van der Waals surface area contributed by atoms with Gasteiger partial charge in [0.1, 0.15) is 6.15 Å². The molecule has 0 radical (unpaired) electrons. The van der Waals surface area contributed by atoms with Crippen molar-refractivity contribution in [2.75, 3.05) is 0 Å². The van der Waals surface area contributed by atoms with Crippen LogP contribution in [0.15, 0.2) is 170 Å². The maximum Gasteiger partial charge on any atom is 0.416 e. The highest BCUT2D eigenvalue weighted by molar-refractivity contribution is 7.20. The first kappa shape index (κ1) is 60.0. The number of benzene rings is 8. The lowest BCUT2D eigenvalue weighted by atomic mass is 9.12. The zero-order valence-corrected chi connectivity index (χ0v) is 40.2. The predicted octanol–water partition coefficient (Wildman–Crippen LogP) is 16.5. The molecular weight excluding hydrogens is 1160 g/mol. The van der Waals surface area contributed by atoms with E-state index in [1.54, 1.807) is 0 Å². The largest absolute Gasteiger partial charge is 0.416 e. The molecule has 0 aliphatic carbocycles. The molecule has 0 unspecified atom stereocenters. The van der Waals surface area contributed by atoms with Gasteiger partial charge in [-0.3, -0.25) is 0 Å². The molecule has 0 N–H and O–H groups in total. The van der Waals surface area contributed by atoms with Crippen molar-refractivity contribution < 1.29 is 115 Å². The van der Waals surface area contributed by atoms with Gasteiger partial charge in [-0.05, 0) is 53.2 Å². The first-order valence-electron chi connectivity index (χ1n) is 23.0. The Kier molecular flexibility index (Phi) is 15.1. The van der Waals surface area contributed by atoms with E-state index in [2.05, 4.69) is 72.8 Å². The first-order chi connectivity index (χ1) is 37.7. The molecule has 0 saturated heterocycles. The Bertz CT molecular complexity index is 3370.